The van der Waals surface area contributed by atoms with Gasteiger partial charge in [0.1, 0.15) is 17.2 Å². The van der Waals surface area contributed by atoms with Crippen LogP contribution in [0.15, 0.2) is 42.5 Å². The molecule has 1 amide bonds. The van der Waals surface area contributed by atoms with Crippen molar-refractivity contribution in [1.82, 2.24) is 5.32 Å². The Hall–Kier alpha value is -2.69. The van der Waals surface area contributed by atoms with Crippen LogP contribution in [0.5, 0.6) is 17.2 Å². The number of benzene rings is 2. The first-order valence-corrected chi connectivity index (χ1v) is 8.27. The molecule has 0 fully saturated rings. The summed E-state index contributed by atoms with van der Waals surface area (Å²) in [4.78, 5) is 12.2. The molecule has 0 aliphatic heterocycles. The van der Waals surface area contributed by atoms with E-state index in [0.29, 0.717) is 17.2 Å². The molecule has 0 heterocycles. The summed E-state index contributed by atoms with van der Waals surface area (Å²) in [5, 5.41) is 3.00. The molecule has 2 rings (SSSR count). The third-order valence-corrected chi connectivity index (χ3v) is 3.92. The first kappa shape index (κ1) is 18.6. The summed E-state index contributed by atoms with van der Waals surface area (Å²) in [6.45, 7) is 4.01. The van der Waals surface area contributed by atoms with E-state index < -0.39 is 0 Å². The second-order valence-electron chi connectivity index (χ2n) is 5.78. The van der Waals surface area contributed by atoms with Gasteiger partial charge in [-0.1, -0.05) is 36.8 Å². The second kappa shape index (κ2) is 8.97. The van der Waals surface area contributed by atoms with Crippen molar-refractivity contribution < 1.29 is 19.0 Å². The van der Waals surface area contributed by atoms with Gasteiger partial charge in [-0.3, -0.25) is 4.79 Å². The number of ether oxygens (including phenoxy) is 3. The molecule has 0 saturated heterocycles. The van der Waals surface area contributed by atoms with Crippen LogP contribution in [0.3, 0.4) is 0 Å². The lowest BCUT2D eigenvalue weighted by Gasteiger charge is -2.18. The highest BCUT2D eigenvalue weighted by molar-refractivity contribution is 5.78. The van der Waals surface area contributed by atoms with Crippen molar-refractivity contribution in [3.05, 3.63) is 53.6 Å². The molecule has 25 heavy (non-hydrogen) atoms. The van der Waals surface area contributed by atoms with Crippen molar-refractivity contribution in [3.8, 4) is 17.2 Å². The molecular formula is C20H25NO4. The number of carbonyl (C=O) groups excluding carboxylic acids is 1. The molecule has 0 spiro atoms. The van der Waals surface area contributed by atoms with Gasteiger partial charge in [0.05, 0.1) is 20.3 Å². The molecule has 0 aromatic heterocycles. The minimum Gasteiger partial charge on any atom is -0.496 e. The van der Waals surface area contributed by atoms with Crippen LogP contribution in [0.4, 0.5) is 0 Å². The van der Waals surface area contributed by atoms with Crippen LogP contribution >= 0.6 is 0 Å². The fourth-order valence-corrected chi connectivity index (χ4v) is 2.47. The van der Waals surface area contributed by atoms with Crippen molar-refractivity contribution in [2.45, 2.75) is 26.3 Å². The molecule has 2 aromatic carbocycles. The van der Waals surface area contributed by atoms with Crippen LogP contribution in [-0.4, -0.2) is 26.7 Å². The van der Waals surface area contributed by atoms with E-state index in [1.165, 1.54) is 5.56 Å². The molecular weight excluding hydrogens is 318 g/mol. The fourth-order valence-electron chi connectivity index (χ4n) is 2.47. The predicted octanol–water partition coefficient (Wildman–Crippen LogP) is 3.66. The summed E-state index contributed by atoms with van der Waals surface area (Å²) >= 11 is 0. The summed E-state index contributed by atoms with van der Waals surface area (Å²) in [6.07, 6.45) is 0.807. The topological polar surface area (TPSA) is 56.8 Å². The van der Waals surface area contributed by atoms with E-state index in [4.69, 9.17) is 14.2 Å². The van der Waals surface area contributed by atoms with Crippen molar-refractivity contribution >= 4 is 5.91 Å². The Kier molecular flexibility index (Phi) is 6.69. The third-order valence-electron chi connectivity index (χ3n) is 3.92. The van der Waals surface area contributed by atoms with Gasteiger partial charge >= 0.3 is 0 Å². The van der Waals surface area contributed by atoms with Gasteiger partial charge in [0.25, 0.3) is 5.91 Å². The van der Waals surface area contributed by atoms with E-state index in [1.807, 2.05) is 38.1 Å². The molecule has 0 aliphatic rings. The van der Waals surface area contributed by atoms with Crippen LogP contribution in [0.25, 0.3) is 0 Å². The van der Waals surface area contributed by atoms with Crippen LogP contribution in [-0.2, 0) is 4.79 Å². The van der Waals surface area contributed by atoms with E-state index in [2.05, 4.69) is 5.32 Å². The summed E-state index contributed by atoms with van der Waals surface area (Å²) < 4.78 is 16.0. The lowest BCUT2D eigenvalue weighted by molar-refractivity contribution is -0.123. The normalized spacial score (nSPS) is 11.5. The highest BCUT2D eigenvalue weighted by Gasteiger charge is 2.13. The number of methoxy groups -OCH3 is 2. The minimum atomic E-state index is -0.172. The zero-order valence-electron chi connectivity index (χ0n) is 15.2. The molecule has 134 valence electrons. The fraction of sp³-hybridized carbons (Fsp3) is 0.350. The maximum Gasteiger partial charge on any atom is 0.258 e. The minimum absolute atomic E-state index is 0.0310. The van der Waals surface area contributed by atoms with E-state index in [0.717, 1.165) is 12.0 Å². The maximum atomic E-state index is 12.2. The van der Waals surface area contributed by atoms with Gasteiger partial charge in [-0.2, -0.15) is 0 Å². The van der Waals surface area contributed by atoms with Gasteiger partial charge in [0.2, 0.25) is 0 Å². The zero-order valence-corrected chi connectivity index (χ0v) is 15.2. The predicted molar refractivity (Wildman–Crippen MR) is 97.4 cm³/mol. The Balaban J connectivity index is 1.96. The maximum absolute atomic E-state index is 12.2. The molecule has 5 nitrogen and oxygen atoms in total. The van der Waals surface area contributed by atoms with E-state index >= 15 is 0 Å². The third kappa shape index (κ3) is 5.41. The Morgan fingerprint density at radius 3 is 2.08 bits per heavy atom. The van der Waals surface area contributed by atoms with Gasteiger partial charge in [0.15, 0.2) is 6.61 Å². The van der Waals surface area contributed by atoms with E-state index in [-0.39, 0.29) is 18.6 Å². The van der Waals surface area contributed by atoms with Crippen LogP contribution in [0.2, 0.25) is 0 Å². The van der Waals surface area contributed by atoms with Crippen molar-refractivity contribution in [1.29, 1.82) is 0 Å². The zero-order chi connectivity index (χ0) is 18.2. The monoisotopic (exact) mass is 343 g/mol. The Morgan fingerprint density at radius 2 is 1.56 bits per heavy atom. The molecule has 0 unspecified atom stereocenters. The summed E-state index contributed by atoms with van der Waals surface area (Å²) in [5.41, 5.74) is 2.28. The molecule has 2 aromatic rings. The van der Waals surface area contributed by atoms with Gasteiger partial charge < -0.3 is 19.5 Å². The first-order chi connectivity index (χ1) is 12.0. The Labute approximate surface area is 148 Å². The molecule has 1 N–H and O–H groups in total. The molecule has 0 saturated carbocycles. The number of hydrogen-bond acceptors (Lipinski definition) is 4. The summed E-state index contributed by atoms with van der Waals surface area (Å²) in [7, 11) is 3.14. The van der Waals surface area contributed by atoms with Gasteiger partial charge in [-0.05, 0) is 18.9 Å². The quantitative estimate of drug-likeness (QED) is 0.795. The number of rotatable bonds is 8. The van der Waals surface area contributed by atoms with Crippen LogP contribution in [0, 0.1) is 6.92 Å². The van der Waals surface area contributed by atoms with Gasteiger partial charge in [0, 0.05) is 18.2 Å². The highest BCUT2D eigenvalue weighted by atomic mass is 16.5. The van der Waals surface area contributed by atoms with Gasteiger partial charge in [-0.15, -0.1) is 0 Å². The van der Waals surface area contributed by atoms with E-state index in [1.54, 1.807) is 32.4 Å². The van der Waals surface area contributed by atoms with E-state index in [9.17, 15) is 4.79 Å². The number of carbonyl (C=O) groups is 1. The Morgan fingerprint density at radius 1 is 1.00 bits per heavy atom. The SMILES string of the molecule is CC[C@H](NC(=O)COc1cc(OC)cc(OC)c1)c1ccc(C)cc1. The van der Waals surface area contributed by atoms with Gasteiger partial charge in [-0.25, -0.2) is 0 Å². The average molecular weight is 343 g/mol. The van der Waals surface area contributed by atoms with Crippen LogP contribution in [0.1, 0.15) is 30.5 Å². The molecule has 1 atom stereocenters. The highest BCUT2D eigenvalue weighted by Crippen LogP contribution is 2.27. The molecule has 0 bridgehead atoms. The van der Waals surface area contributed by atoms with Crippen molar-refractivity contribution in [2.24, 2.45) is 0 Å². The standard InChI is InChI=1S/C20H25NO4/c1-5-19(15-8-6-14(2)7-9-15)21-20(22)13-25-18-11-16(23-3)10-17(12-18)24-4/h6-12,19H,5,13H2,1-4H3,(H,21,22)/t19-/m0/s1. The van der Waals surface area contributed by atoms with Crippen LogP contribution < -0.4 is 19.5 Å². The number of hydrogen-bond donors (Lipinski definition) is 1. The summed E-state index contributed by atoms with van der Waals surface area (Å²) in [5.74, 6) is 1.57. The molecule has 0 radical (unpaired) electrons. The first-order valence-electron chi connectivity index (χ1n) is 8.27. The lowest BCUT2D eigenvalue weighted by atomic mass is 10.0. The van der Waals surface area contributed by atoms with Crippen molar-refractivity contribution in [3.63, 3.8) is 0 Å². The van der Waals surface area contributed by atoms with Crippen molar-refractivity contribution in [2.75, 3.05) is 20.8 Å². The largest absolute Gasteiger partial charge is 0.496 e. The molecule has 5 heteroatoms. The Bertz CT molecular complexity index is 675. The number of amides is 1. The number of aryl methyl sites for hydroxylation is 1. The average Bonchev–Trinajstić information content (AvgIpc) is 2.64. The second-order valence-corrected chi connectivity index (χ2v) is 5.78. The summed E-state index contributed by atoms with van der Waals surface area (Å²) in [6, 6.07) is 13.3. The molecule has 0 aliphatic carbocycles. The lowest BCUT2D eigenvalue weighted by Crippen LogP contribution is -2.32. The number of nitrogens with one attached hydrogen (secondary N) is 1. The smallest absolute Gasteiger partial charge is 0.258 e.